The first-order valence-corrected chi connectivity index (χ1v) is 9.86. The van der Waals surface area contributed by atoms with E-state index in [1.807, 2.05) is 24.4 Å². The Labute approximate surface area is 156 Å². The summed E-state index contributed by atoms with van der Waals surface area (Å²) in [6, 6.07) is 9.10. The quantitative estimate of drug-likeness (QED) is 0.835. The Morgan fingerprint density at radius 3 is 2.54 bits per heavy atom. The molecule has 1 saturated carbocycles. The Kier molecular flexibility index (Phi) is 6.33. The second-order valence-corrected chi connectivity index (χ2v) is 7.65. The summed E-state index contributed by atoms with van der Waals surface area (Å²) in [6.45, 7) is 4.15. The Hall–Kier alpha value is -1.85. The maximum absolute atomic E-state index is 12.9. The minimum absolute atomic E-state index is 0.00389. The van der Waals surface area contributed by atoms with Crippen molar-refractivity contribution >= 4 is 16.9 Å². The summed E-state index contributed by atoms with van der Waals surface area (Å²) < 4.78 is 1.80. The van der Waals surface area contributed by atoms with Crippen molar-refractivity contribution in [2.45, 2.75) is 51.1 Å². The molecule has 0 bridgehead atoms. The fourth-order valence-electron chi connectivity index (χ4n) is 3.94. The number of para-hydroxylation sites is 1. The summed E-state index contributed by atoms with van der Waals surface area (Å²) >= 11 is 0. The first kappa shape index (κ1) is 18.9. The molecule has 0 aliphatic heterocycles. The van der Waals surface area contributed by atoms with Crippen LogP contribution in [-0.4, -0.2) is 54.8 Å². The minimum atomic E-state index is 0.00389. The van der Waals surface area contributed by atoms with Crippen molar-refractivity contribution in [2.24, 2.45) is 0 Å². The van der Waals surface area contributed by atoms with Crippen LogP contribution in [0.4, 0.5) is 4.79 Å². The molecule has 0 spiro atoms. The number of aromatic nitrogens is 1. The molecule has 142 valence electrons. The molecule has 0 radical (unpaired) electrons. The van der Waals surface area contributed by atoms with Gasteiger partial charge in [-0.15, -0.1) is 0 Å². The maximum atomic E-state index is 12.9. The lowest BCUT2D eigenvalue weighted by Gasteiger charge is -2.29. The molecule has 1 amide bonds. The predicted molar refractivity (Wildman–Crippen MR) is 108 cm³/mol. The number of benzene rings is 1. The van der Waals surface area contributed by atoms with Gasteiger partial charge in [0.25, 0.3) is 0 Å². The molecule has 1 aliphatic carbocycles. The Bertz CT molecular complexity index is 729. The van der Waals surface area contributed by atoms with Gasteiger partial charge in [0.2, 0.25) is 0 Å². The molecule has 0 atom stereocenters. The fraction of sp³-hybridized carbons (Fsp3) is 0.571. The average Bonchev–Trinajstić information content (AvgIpc) is 3.01. The fourth-order valence-corrected chi connectivity index (χ4v) is 3.94. The van der Waals surface area contributed by atoms with Gasteiger partial charge in [0.15, 0.2) is 0 Å². The van der Waals surface area contributed by atoms with E-state index in [2.05, 4.69) is 42.6 Å². The second-order valence-electron chi connectivity index (χ2n) is 7.65. The highest BCUT2D eigenvalue weighted by molar-refractivity contribution is 5.93. The van der Waals surface area contributed by atoms with Crippen molar-refractivity contribution in [3.63, 3.8) is 0 Å². The van der Waals surface area contributed by atoms with Gasteiger partial charge < -0.3 is 15.5 Å². The van der Waals surface area contributed by atoms with Crippen molar-refractivity contribution in [2.75, 3.05) is 27.2 Å². The number of nitrogens with one attached hydrogen (secondary N) is 2. The third-order valence-corrected chi connectivity index (χ3v) is 5.39. The molecule has 3 rings (SSSR count). The van der Waals surface area contributed by atoms with Gasteiger partial charge in [-0.3, -0.25) is 4.57 Å². The first-order valence-electron chi connectivity index (χ1n) is 9.86. The number of amides is 1. The summed E-state index contributed by atoms with van der Waals surface area (Å²) in [5, 5.41) is 7.95. The van der Waals surface area contributed by atoms with Crippen molar-refractivity contribution in [3.05, 3.63) is 36.0 Å². The molecular formula is C21H32N4O. The van der Waals surface area contributed by atoms with Crippen molar-refractivity contribution in [1.82, 2.24) is 20.1 Å². The van der Waals surface area contributed by atoms with E-state index in [0.29, 0.717) is 6.04 Å². The molecule has 1 heterocycles. The summed E-state index contributed by atoms with van der Waals surface area (Å²) in [6.07, 6.45) is 7.35. The van der Waals surface area contributed by atoms with Gasteiger partial charge in [0.1, 0.15) is 0 Å². The number of rotatable bonds is 6. The molecule has 26 heavy (non-hydrogen) atoms. The highest BCUT2D eigenvalue weighted by Gasteiger charge is 2.23. The molecule has 1 aliphatic rings. The maximum Gasteiger partial charge on any atom is 0.326 e. The van der Waals surface area contributed by atoms with Crippen LogP contribution in [0.1, 0.15) is 38.2 Å². The lowest BCUT2D eigenvalue weighted by molar-refractivity contribution is 0.231. The largest absolute Gasteiger partial charge is 0.335 e. The van der Waals surface area contributed by atoms with Gasteiger partial charge in [-0.1, -0.05) is 25.1 Å². The molecular weight excluding hydrogens is 324 g/mol. The van der Waals surface area contributed by atoms with E-state index in [4.69, 9.17) is 0 Å². The third kappa shape index (κ3) is 4.46. The van der Waals surface area contributed by atoms with Crippen LogP contribution < -0.4 is 10.6 Å². The molecule has 5 nitrogen and oxygen atoms in total. The van der Waals surface area contributed by atoms with Gasteiger partial charge in [0.05, 0.1) is 5.52 Å². The van der Waals surface area contributed by atoms with E-state index in [1.54, 1.807) is 4.57 Å². The topological polar surface area (TPSA) is 49.3 Å². The van der Waals surface area contributed by atoms with E-state index >= 15 is 0 Å². The molecule has 1 fully saturated rings. The highest BCUT2D eigenvalue weighted by Crippen LogP contribution is 2.23. The lowest BCUT2D eigenvalue weighted by atomic mass is 9.91. The predicted octanol–water partition coefficient (Wildman–Crippen LogP) is 3.22. The zero-order valence-electron chi connectivity index (χ0n) is 16.3. The van der Waals surface area contributed by atoms with Crippen LogP contribution in [0.3, 0.4) is 0 Å². The van der Waals surface area contributed by atoms with Gasteiger partial charge in [-0.05, 0) is 64.4 Å². The lowest BCUT2D eigenvalue weighted by Crippen LogP contribution is -2.43. The van der Waals surface area contributed by atoms with Crippen molar-refractivity contribution < 1.29 is 4.79 Å². The standard InChI is InChI=1S/C21H32N4O/c1-4-22-17-9-11-18(12-10-17)23-21(26)25-15-16(13-14-24(2)3)19-7-5-6-8-20(19)25/h5-8,15,17-18,22H,4,9-14H2,1-3H3,(H,23,26). The van der Waals surface area contributed by atoms with Gasteiger partial charge >= 0.3 is 6.03 Å². The molecule has 1 aromatic heterocycles. The van der Waals surface area contributed by atoms with Crippen LogP contribution in [0.2, 0.25) is 0 Å². The molecule has 0 unspecified atom stereocenters. The van der Waals surface area contributed by atoms with Gasteiger partial charge in [0, 0.05) is 30.2 Å². The monoisotopic (exact) mass is 356 g/mol. The summed E-state index contributed by atoms with van der Waals surface area (Å²) in [4.78, 5) is 15.1. The Morgan fingerprint density at radius 2 is 1.85 bits per heavy atom. The summed E-state index contributed by atoms with van der Waals surface area (Å²) in [5.74, 6) is 0. The number of likely N-dealkylation sites (N-methyl/N-ethyl adjacent to an activating group) is 1. The van der Waals surface area contributed by atoms with E-state index in [0.717, 1.165) is 50.7 Å². The van der Waals surface area contributed by atoms with E-state index < -0.39 is 0 Å². The van der Waals surface area contributed by atoms with Crippen LogP contribution in [0, 0.1) is 0 Å². The molecule has 1 aromatic carbocycles. The number of fused-ring (bicyclic) bond motifs is 1. The zero-order chi connectivity index (χ0) is 18.5. The summed E-state index contributed by atoms with van der Waals surface area (Å²) in [5.41, 5.74) is 2.24. The first-order chi connectivity index (χ1) is 12.6. The molecule has 2 N–H and O–H groups in total. The van der Waals surface area contributed by atoms with Gasteiger partial charge in [-0.2, -0.15) is 0 Å². The number of hydrogen-bond acceptors (Lipinski definition) is 3. The van der Waals surface area contributed by atoms with E-state index in [9.17, 15) is 4.79 Å². The number of carbonyl (C=O) groups excluding carboxylic acids is 1. The van der Waals surface area contributed by atoms with E-state index in [-0.39, 0.29) is 12.1 Å². The van der Waals surface area contributed by atoms with Crippen LogP contribution >= 0.6 is 0 Å². The zero-order valence-corrected chi connectivity index (χ0v) is 16.3. The van der Waals surface area contributed by atoms with Crippen LogP contribution in [0.5, 0.6) is 0 Å². The third-order valence-electron chi connectivity index (χ3n) is 5.39. The Balaban J connectivity index is 1.70. The smallest absolute Gasteiger partial charge is 0.326 e. The van der Waals surface area contributed by atoms with Crippen molar-refractivity contribution in [1.29, 1.82) is 0 Å². The number of nitrogens with zero attached hydrogens (tertiary/aromatic N) is 2. The van der Waals surface area contributed by atoms with E-state index in [1.165, 1.54) is 10.9 Å². The number of carbonyl (C=O) groups is 1. The Morgan fingerprint density at radius 1 is 1.15 bits per heavy atom. The van der Waals surface area contributed by atoms with Crippen molar-refractivity contribution in [3.8, 4) is 0 Å². The molecule has 5 heteroatoms. The second kappa shape index (κ2) is 8.69. The van der Waals surface area contributed by atoms with Crippen LogP contribution in [0.25, 0.3) is 10.9 Å². The highest BCUT2D eigenvalue weighted by atomic mass is 16.2. The average molecular weight is 357 g/mol. The van der Waals surface area contributed by atoms with Gasteiger partial charge in [-0.25, -0.2) is 4.79 Å². The minimum Gasteiger partial charge on any atom is -0.335 e. The van der Waals surface area contributed by atoms with Crippen LogP contribution in [0.15, 0.2) is 30.5 Å². The normalized spacial score (nSPS) is 20.6. The molecule has 2 aromatic rings. The summed E-state index contributed by atoms with van der Waals surface area (Å²) in [7, 11) is 4.16. The number of hydrogen-bond donors (Lipinski definition) is 2. The SMILES string of the molecule is CCNC1CCC(NC(=O)n2cc(CCN(C)C)c3ccccc32)CC1. The molecule has 0 saturated heterocycles. The van der Waals surface area contributed by atoms with Crippen LogP contribution in [-0.2, 0) is 6.42 Å².